The van der Waals surface area contributed by atoms with Crippen LogP contribution in [0.4, 0.5) is 11.5 Å². The van der Waals surface area contributed by atoms with E-state index in [9.17, 15) is 13.2 Å². The van der Waals surface area contributed by atoms with Gasteiger partial charge in [-0.25, -0.2) is 13.4 Å². The quantitative estimate of drug-likeness (QED) is 0.670. The lowest BCUT2D eigenvalue weighted by atomic mass is 10.3. The first kappa shape index (κ1) is 20.6. The number of nitrogens with one attached hydrogen (secondary N) is 1. The van der Waals surface area contributed by atoms with Crippen LogP contribution in [0.5, 0.6) is 0 Å². The third-order valence-electron chi connectivity index (χ3n) is 3.99. The summed E-state index contributed by atoms with van der Waals surface area (Å²) in [5.74, 6) is 0.408. The second kappa shape index (κ2) is 8.76. The highest BCUT2D eigenvalue weighted by Crippen LogP contribution is 2.17. The van der Waals surface area contributed by atoms with E-state index in [1.54, 1.807) is 18.3 Å². The monoisotopic (exact) mass is 385 g/mol. The number of pyridine rings is 1. The highest BCUT2D eigenvalue weighted by atomic mass is 32.2. The average Bonchev–Trinajstić information content (AvgIpc) is 2.59. The Morgan fingerprint density at radius 2 is 1.96 bits per heavy atom. The summed E-state index contributed by atoms with van der Waals surface area (Å²) in [6.45, 7) is 5.92. The van der Waals surface area contributed by atoms with Crippen molar-refractivity contribution in [2.24, 2.45) is 5.73 Å². The largest absolute Gasteiger partial charge is 0.377 e. The zero-order chi connectivity index (χ0) is 19.3. The maximum Gasteiger partial charge on any atom is 0.243 e. The van der Waals surface area contributed by atoms with Gasteiger partial charge >= 0.3 is 0 Å². The van der Waals surface area contributed by atoms with E-state index in [1.807, 2.05) is 18.7 Å². The van der Waals surface area contributed by atoms with E-state index < -0.39 is 16.1 Å². The van der Waals surface area contributed by atoms with Gasteiger partial charge in [-0.1, -0.05) is 0 Å². The standard InChI is InChI=1S/C16H27N5O4S/c1-12(2)25-11-14(17)16(22)19-13-4-5-15(18-10-13)20-6-8-21(9-7-20)26(3,23)24/h4-5,10,12,14H,6-9,11,17H2,1-3H3,(H,19,22)/t14-/m0/s1. The Morgan fingerprint density at radius 1 is 1.31 bits per heavy atom. The fourth-order valence-corrected chi connectivity index (χ4v) is 3.33. The van der Waals surface area contributed by atoms with Gasteiger partial charge in [-0.05, 0) is 26.0 Å². The zero-order valence-corrected chi connectivity index (χ0v) is 16.2. The van der Waals surface area contributed by atoms with E-state index in [0.717, 1.165) is 5.82 Å². The Labute approximate surface area is 154 Å². The summed E-state index contributed by atoms with van der Waals surface area (Å²) in [7, 11) is -3.15. The lowest BCUT2D eigenvalue weighted by molar-refractivity contribution is -0.119. The van der Waals surface area contributed by atoms with Gasteiger partial charge in [0.15, 0.2) is 0 Å². The molecule has 0 radical (unpaired) electrons. The van der Waals surface area contributed by atoms with E-state index >= 15 is 0 Å². The minimum Gasteiger partial charge on any atom is -0.377 e. The first-order chi connectivity index (χ1) is 12.2. The maximum atomic E-state index is 12.0. The predicted molar refractivity (Wildman–Crippen MR) is 101 cm³/mol. The van der Waals surface area contributed by atoms with E-state index in [2.05, 4.69) is 10.3 Å². The van der Waals surface area contributed by atoms with Gasteiger partial charge in [0.05, 0.1) is 30.9 Å². The number of carbonyl (C=O) groups is 1. The number of hydrogen-bond donors (Lipinski definition) is 2. The van der Waals surface area contributed by atoms with Crippen molar-refractivity contribution in [3.8, 4) is 0 Å². The van der Waals surface area contributed by atoms with Crippen molar-refractivity contribution in [3.05, 3.63) is 18.3 Å². The molecule has 1 atom stereocenters. The molecule has 0 aromatic carbocycles. The third kappa shape index (κ3) is 5.90. The summed E-state index contributed by atoms with van der Waals surface area (Å²) >= 11 is 0. The molecule has 0 saturated carbocycles. The number of hydrogen-bond acceptors (Lipinski definition) is 7. The fourth-order valence-electron chi connectivity index (χ4n) is 2.50. The molecule has 146 valence electrons. The van der Waals surface area contributed by atoms with Gasteiger partial charge in [0.1, 0.15) is 11.9 Å². The minimum atomic E-state index is -3.15. The molecule has 0 spiro atoms. The van der Waals surface area contributed by atoms with Crippen LogP contribution in [0.2, 0.25) is 0 Å². The SMILES string of the molecule is CC(C)OC[C@H](N)C(=O)Nc1ccc(N2CCN(S(C)(=O)=O)CC2)nc1. The number of nitrogens with zero attached hydrogens (tertiary/aromatic N) is 3. The molecule has 0 unspecified atom stereocenters. The highest BCUT2D eigenvalue weighted by molar-refractivity contribution is 7.88. The minimum absolute atomic E-state index is 0.0120. The number of sulfonamides is 1. The number of anilines is 2. The average molecular weight is 385 g/mol. The van der Waals surface area contributed by atoms with Gasteiger partial charge in [0, 0.05) is 26.2 Å². The number of nitrogens with two attached hydrogens (primary N) is 1. The van der Waals surface area contributed by atoms with Crippen LogP contribution in [0, 0.1) is 0 Å². The number of ether oxygens (including phenoxy) is 1. The summed E-state index contributed by atoms with van der Waals surface area (Å²) in [4.78, 5) is 18.4. The fraction of sp³-hybridized carbons (Fsp3) is 0.625. The lowest BCUT2D eigenvalue weighted by Crippen LogP contribution is -2.48. The normalized spacial score (nSPS) is 17.3. The molecule has 2 heterocycles. The van der Waals surface area contributed by atoms with E-state index in [0.29, 0.717) is 31.9 Å². The maximum absolute atomic E-state index is 12.0. The summed E-state index contributed by atoms with van der Waals surface area (Å²) < 4.78 is 29.9. The molecular weight excluding hydrogens is 358 g/mol. The Morgan fingerprint density at radius 3 is 2.46 bits per heavy atom. The van der Waals surface area contributed by atoms with Crippen LogP contribution in [0.25, 0.3) is 0 Å². The van der Waals surface area contributed by atoms with Crippen LogP contribution >= 0.6 is 0 Å². The van der Waals surface area contributed by atoms with Crippen LogP contribution in [0.3, 0.4) is 0 Å². The molecule has 26 heavy (non-hydrogen) atoms. The summed E-state index contributed by atoms with van der Waals surface area (Å²) in [6.07, 6.45) is 2.79. The van der Waals surface area contributed by atoms with E-state index in [4.69, 9.17) is 10.5 Å². The zero-order valence-electron chi connectivity index (χ0n) is 15.4. The first-order valence-electron chi connectivity index (χ1n) is 8.51. The van der Waals surface area contributed by atoms with Crippen molar-refractivity contribution in [2.75, 3.05) is 49.3 Å². The number of aromatic nitrogens is 1. The Hall–Kier alpha value is -1.75. The molecule has 2 rings (SSSR count). The molecule has 3 N–H and O–H groups in total. The number of rotatable bonds is 7. The molecule has 10 heteroatoms. The van der Waals surface area contributed by atoms with Crippen molar-refractivity contribution in [1.29, 1.82) is 0 Å². The van der Waals surface area contributed by atoms with Crippen molar-refractivity contribution in [2.45, 2.75) is 26.0 Å². The number of carbonyl (C=O) groups excluding carboxylic acids is 1. The Kier molecular flexibility index (Phi) is 6.93. The third-order valence-corrected chi connectivity index (χ3v) is 5.30. The molecule has 1 aromatic rings. The predicted octanol–water partition coefficient (Wildman–Crippen LogP) is -0.146. The topological polar surface area (TPSA) is 118 Å². The summed E-state index contributed by atoms with van der Waals surface area (Å²) in [5.41, 5.74) is 6.34. The van der Waals surface area contributed by atoms with Crippen molar-refractivity contribution >= 4 is 27.4 Å². The molecule has 1 saturated heterocycles. The summed E-state index contributed by atoms with van der Waals surface area (Å²) in [5, 5.41) is 2.71. The Bertz CT molecular complexity index is 700. The Balaban J connectivity index is 1.88. The molecule has 1 aromatic heterocycles. The molecule has 0 aliphatic carbocycles. The molecule has 1 aliphatic rings. The first-order valence-corrected chi connectivity index (χ1v) is 10.4. The number of piperazine rings is 1. The number of amides is 1. The molecule has 0 bridgehead atoms. The van der Waals surface area contributed by atoms with Crippen molar-refractivity contribution < 1.29 is 17.9 Å². The molecule has 9 nitrogen and oxygen atoms in total. The second-order valence-electron chi connectivity index (χ2n) is 6.53. The van der Waals surface area contributed by atoms with Crippen molar-refractivity contribution in [1.82, 2.24) is 9.29 Å². The molecule has 1 aliphatic heterocycles. The molecular formula is C16H27N5O4S. The van der Waals surface area contributed by atoms with Crippen LogP contribution in [0.15, 0.2) is 18.3 Å². The van der Waals surface area contributed by atoms with Gasteiger partial charge < -0.3 is 20.7 Å². The molecule has 1 amide bonds. The molecule has 1 fully saturated rings. The van der Waals surface area contributed by atoms with Crippen LogP contribution < -0.4 is 16.0 Å². The van der Waals surface area contributed by atoms with Crippen LogP contribution in [-0.4, -0.2) is 74.8 Å². The smallest absolute Gasteiger partial charge is 0.243 e. The van der Waals surface area contributed by atoms with E-state index in [1.165, 1.54) is 10.6 Å². The van der Waals surface area contributed by atoms with Gasteiger partial charge in [0.2, 0.25) is 15.9 Å². The summed E-state index contributed by atoms with van der Waals surface area (Å²) in [6, 6.07) is 2.79. The van der Waals surface area contributed by atoms with Crippen LogP contribution in [0.1, 0.15) is 13.8 Å². The van der Waals surface area contributed by atoms with Crippen molar-refractivity contribution in [3.63, 3.8) is 0 Å². The lowest BCUT2D eigenvalue weighted by Gasteiger charge is -2.34. The van der Waals surface area contributed by atoms with Gasteiger partial charge in [-0.15, -0.1) is 0 Å². The van der Waals surface area contributed by atoms with Gasteiger partial charge in [-0.2, -0.15) is 4.31 Å². The van der Waals surface area contributed by atoms with E-state index in [-0.39, 0.29) is 18.6 Å². The van der Waals surface area contributed by atoms with Gasteiger partial charge in [0.25, 0.3) is 0 Å². The van der Waals surface area contributed by atoms with Gasteiger partial charge in [-0.3, -0.25) is 4.79 Å². The second-order valence-corrected chi connectivity index (χ2v) is 8.51. The highest BCUT2D eigenvalue weighted by Gasteiger charge is 2.24. The van der Waals surface area contributed by atoms with Crippen LogP contribution in [-0.2, 0) is 19.6 Å².